The largest absolute Gasteiger partial charge is 0.348 e. The second-order valence-electron chi connectivity index (χ2n) is 4.38. The molecule has 1 atom stereocenters. The lowest BCUT2D eigenvalue weighted by Gasteiger charge is -2.15. The Hall–Kier alpha value is -1.06. The highest BCUT2D eigenvalue weighted by atomic mass is 35.5. The van der Waals surface area contributed by atoms with Crippen LogP contribution >= 0.6 is 12.4 Å². The molecule has 1 amide bonds. The molecule has 0 saturated carbocycles. The number of rotatable bonds is 3. The summed E-state index contributed by atoms with van der Waals surface area (Å²) in [6, 6.07) is 4.05. The smallest absolute Gasteiger partial charge is 0.252 e. The van der Waals surface area contributed by atoms with Gasteiger partial charge >= 0.3 is 0 Å². The minimum Gasteiger partial charge on any atom is -0.348 e. The predicted octanol–water partition coefficient (Wildman–Crippen LogP) is 2.11. The maximum absolute atomic E-state index is 12.0. The summed E-state index contributed by atoms with van der Waals surface area (Å²) >= 11 is 0. The van der Waals surface area contributed by atoms with Crippen molar-refractivity contribution in [3.63, 3.8) is 0 Å². The van der Waals surface area contributed by atoms with Gasteiger partial charge in [-0.3, -0.25) is 4.79 Å². The maximum Gasteiger partial charge on any atom is 0.252 e. The first-order chi connectivity index (χ1) is 7.45. The van der Waals surface area contributed by atoms with Crippen LogP contribution in [0.25, 0.3) is 0 Å². The molecule has 0 unspecified atom stereocenters. The summed E-state index contributed by atoms with van der Waals surface area (Å²) in [6.07, 6.45) is 0. The number of carbonyl (C=O) groups is 1. The molecule has 1 rings (SSSR count). The van der Waals surface area contributed by atoms with E-state index in [1.165, 1.54) is 5.56 Å². The van der Waals surface area contributed by atoms with Gasteiger partial charge in [0.05, 0.1) is 0 Å². The molecule has 0 spiro atoms. The summed E-state index contributed by atoms with van der Waals surface area (Å²) in [7, 11) is 0. The number of carbonyl (C=O) groups excluding carboxylic acids is 1. The topological polar surface area (TPSA) is 55.1 Å². The fraction of sp³-hybridized carbons (Fsp3) is 0.462. The third kappa shape index (κ3) is 4.02. The number of halogens is 1. The normalized spacial score (nSPS) is 11.6. The Morgan fingerprint density at radius 3 is 2.18 bits per heavy atom. The van der Waals surface area contributed by atoms with Crippen molar-refractivity contribution in [2.75, 3.05) is 6.54 Å². The van der Waals surface area contributed by atoms with E-state index in [0.717, 1.165) is 16.7 Å². The summed E-state index contributed by atoms with van der Waals surface area (Å²) in [4.78, 5) is 12.0. The summed E-state index contributed by atoms with van der Waals surface area (Å²) in [6.45, 7) is 8.31. The summed E-state index contributed by atoms with van der Waals surface area (Å²) in [5.41, 5.74) is 9.46. The van der Waals surface area contributed by atoms with Crippen molar-refractivity contribution in [3.05, 3.63) is 34.4 Å². The SMILES string of the molecule is Cc1cc(C)c(C(=O)N[C@H](C)CN)c(C)c1.Cl. The quantitative estimate of drug-likeness (QED) is 0.870. The highest BCUT2D eigenvalue weighted by molar-refractivity contribution is 5.97. The molecule has 0 aromatic heterocycles. The maximum atomic E-state index is 12.0. The predicted molar refractivity (Wildman–Crippen MR) is 73.9 cm³/mol. The van der Waals surface area contributed by atoms with Gasteiger partial charge in [0.1, 0.15) is 0 Å². The van der Waals surface area contributed by atoms with Crippen LogP contribution < -0.4 is 11.1 Å². The second-order valence-corrected chi connectivity index (χ2v) is 4.38. The van der Waals surface area contributed by atoms with Gasteiger partial charge in [-0.15, -0.1) is 12.4 Å². The molecule has 1 aromatic rings. The van der Waals surface area contributed by atoms with Crippen LogP contribution in [0.3, 0.4) is 0 Å². The van der Waals surface area contributed by atoms with Crippen molar-refractivity contribution in [2.24, 2.45) is 5.73 Å². The average Bonchev–Trinajstić information content (AvgIpc) is 2.15. The van der Waals surface area contributed by atoms with E-state index in [1.54, 1.807) is 0 Å². The van der Waals surface area contributed by atoms with Crippen LogP contribution in [-0.2, 0) is 0 Å². The number of hydrogen-bond acceptors (Lipinski definition) is 2. The zero-order valence-corrected chi connectivity index (χ0v) is 11.6. The van der Waals surface area contributed by atoms with Crippen molar-refractivity contribution in [2.45, 2.75) is 33.7 Å². The number of nitrogens with two attached hydrogens (primary N) is 1. The van der Waals surface area contributed by atoms with Crippen molar-refractivity contribution in [1.29, 1.82) is 0 Å². The van der Waals surface area contributed by atoms with Crippen LogP contribution in [-0.4, -0.2) is 18.5 Å². The van der Waals surface area contributed by atoms with E-state index in [9.17, 15) is 4.79 Å². The first-order valence-electron chi connectivity index (χ1n) is 5.54. The van der Waals surface area contributed by atoms with Gasteiger partial charge in [0.25, 0.3) is 5.91 Å². The number of nitrogens with one attached hydrogen (secondary N) is 1. The zero-order chi connectivity index (χ0) is 12.3. The Bertz CT molecular complexity index is 381. The van der Waals surface area contributed by atoms with E-state index < -0.39 is 0 Å². The monoisotopic (exact) mass is 256 g/mol. The van der Waals surface area contributed by atoms with E-state index >= 15 is 0 Å². The Balaban J connectivity index is 0.00000256. The first kappa shape index (κ1) is 15.9. The number of benzene rings is 1. The molecule has 0 aliphatic carbocycles. The Labute approximate surface area is 109 Å². The van der Waals surface area contributed by atoms with Crippen LogP contribution in [0.15, 0.2) is 12.1 Å². The van der Waals surface area contributed by atoms with Gasteiger partial charge in [-0.05, 0) is 38.8 Å². The van der Waals surface area contributed by atoms with Crippen LogP contribution in [0.4, 0.5) is 0 Å². The fourth-order valence-corrected chi connectivity index (χ4v) is 1.89. The molecule has 0 aliphatic rings. The Morgan fingerprint density at radius 2 is 1.76 bits per heavy atom. The van der Waals surface area contributed by atoms with Crippen LogP contribution in [0.2, 0.25) is 0 Å². The summed E-state index contributed by atoms with van der Waals surface area (Å²) in [5.74, 6) is -0.0343. The molecule has 0 aliphatic heterocycles. The number of aryl methyl sites for hydroxylation is 3. The third-order valence-electron chi connectivity index (χ3n) is 2.64. The van der Waals surface area contributed by atoms with Crippen molar-refractivity contribution < 1.29 is 4.79 Å². The van der Waals surface area contributed by atoms with E-state index in [1.807, 2.05) is 39.8 Å². The Kier molecular flexibility index (Phi) is 6.21. The second kappa shape index (κ2) is 6.62. The van der Waals surface area contributed by atoms with Crippen molar-refractivity contribution in [1.82, 2.24) is 5.32 Å². The van der Waals surface area contributed by atoms with E-state index in [4.69, 9.17) is 5.73 Å². The van der Waals surface area contributed by atoms with Gasteiger partial charge in [-0.2, -0.15) is 0 Å². The van der Waals surface area contributed by atoms with Crippen LogP contribution in [0.5, 0.6) is 0 Å². The van der Waals surface area contributed by atoms with Gasteiger partial charge in [0.15, 0.2) is 0 Å². The van der Waals surface area contributed by atoms with Gasteiger partial charge in [-0.25, -0.2) is 0 Å². The molecular formula is C13H21ClN2O. The van der Waals surface area contributed by atoms with Crippen LogP contribution in [0, 0.1) is 20.8 Å². The summed E-state index contributed by atoms with van der Waals surface area (Å²) in [5, 5.41) is 2.88. The van der Waals surface area contributed by atoms with Gasteiger partial charge in [0, 0.05) is 18.2 Å². The molecule has 3 N–H and O–H groups in total. The number of amides is 1. The molecule has 0 bridgehead atoms. The van der Waals surface area contributed by atoms with Gasteiger partial charge < -0.3 is 11.1 Å². The highest BCUT2D eigenvalue weighted by Gasteiger charge is 2.14. The van der Waals surface area contributed by atoms with E-state index in [-0.39, 0.29) is 24.4 Å². The minimum atomic E-state index is -0.0343. The van der Waals surface area contributed by atoms with Crippen molar-refractivity contribution >= 4 is 18.3 Å². The molecule has 0 heterocycles. The number of hydrogen-bond donors (Lipinski definition) is 2. The average molecular weight is 257 g/mol. The molecule has 17 heavy (non-hydrogen) atoms. The molecular weight excluding hydrogens is 236 g/mol. The molecule has 0 radical (unpaired) electrons. The first-order valence-corrected chi connectivity index (χ1v) is 5.54. The Morgan fingerprint density at radius 1 is 1.29 bits per heavy atom. The van der Waals surface area contributed by atoms with E-state index in [2.05, 4.69) is 5.32 Å². The van der Waals surface area contributed by atoms with Crippen molar-refractivity contribution in [3.8, 4) is 0 Å². The lowest BCUT2D eigenvalue weighted by atomic mass is 9.99. The molecule has 0 fully saturated rings. The lowest BCUT2D eigenvalue weighted by molar-refractivity contribution is 0.0940. The third-order valence-corrected chi connectivity index (χ3v) is 2.64. The van der Waals surface area contributed by atoms with E-state index in [0.29, 0.717) is 6.54 Å². The highest BCUT2D eigenvalue weighted by Crippen LogP contribution is 2.16. The fourth-order valence-electron chi connectivity index (χ4n) is 1.89. The summed E-state index contributed by atoms with van der Waals surface area (Å²) < 4.78 is 0. The molecule has 0 saturated heterocycles. The molecule has 4 heteroatoms. The minimum absolute atomic E-state index is 0. The van der Waals surface area contributed by atoms with Crippen LogP contribution in [0.1, 0.15) is 34.0 Å². The van der Waals surface area contributed by atoms with Gasteiger partial charge in [-0.1, -0.05) is 17.7 Å². The standard InChI is InChI=1S/C13H20N2O.ClH/c1-8-5-9(2)12(10(3)6-8)13(16)15-11(4)7-14;/h5-6,11H,7,14H2,1-4H3,(H,15,16);1H/t11-;/m1./s1. The molecule has 3 nitrogen and oxygen atoms in total. The lowest BCUT2D eigenvalue weighted by Crippen LogP contribution is -2.38. The molecule has 1 aromatic carbocycles. The zero-order valence-electron chi connectivity index (χ0n) is 10.8. The van der Waals surface area contributed by atoms with Gasteiger partial charge in [0.2, 0.25) is 0 Å². The molecule has 96 valence electrons.